The molecule has 0 spiro atoms. The summed E-state index contributed by atoms with van der Waals surface area (Å²) < 4.78 is 76.1. The van der Waals surface area contributed by atoms with Crippen LogP contribution in [-0.2, 0) is 33.8 Å². The van der Waals surface area contributed by atoms with Gasteiger partial charge in [0.1, 0.15) is 0 Å². The van der Waals surface area contributed by atoms with Crippen molar-refractivity contribution in [3.63, 3.8) is 0 Å². The zero-order valence-electron chi connectivity index (χ0n) is 7.33. The summed E-state index contributed by atoms with van der Waals surface area (Å²) in [5.41, 5.74) is 4.52. The second-order valence-electron chi connectivity index (χ2n) is 2.20. The molecule has 0 radical (unpaired) electrons. The number of hydrogen-bond acceptors (Lipinski definition) is 9. The van der Waals surface area contributed by atoms with E-state index in [1.807, 2.05) is 0 Å². The van der Waals surface area contributed by atoms with Crippen LogP contribution < -0.4 is 11.5 Å². The molecule has 0 fully saturated rings. The smallest absolute Gasteiger partial charge is 0.287 e. The Hall–Kier alpha value is -0.240. The van der Waals surface area contributed by atoms with Crippen molar-refractivity contribution in [2.45, 2.75) is 11.1 Å². The predicted molar refractivity (Wildman–Crippen MR) is 48.8 cm³/mol. The Kier molecular flexibility index (Phi) is 5.31. The van der Waals surface area contributed by atoms with Gasteiger partial charge in [-0.3, -0.25) is 20.6 Å². The summed E-state index contributed by atoms with van der Waals surface area (Å²) in [5.74, 6) is 0. The summed E-state index contributed by atoms with van der Waals surface area (Å²) in [6.07, 6.45) is 0. The second-order valence-corrected chi connectivity index (χ2v) is 6.06. The molecule has 0 rings (SSSR count). The summed E-state index contributed by atoms with van der Waals surface area (Å²) in [6.45, 7) is 0. The first kappa shape index (κ1) is 15.8. The highest BCUT2D eigenvalue weighted by molar-refractivity contribution is 7.86. The summed E-state index contributed by atoms with van der Waals surface area (Å²) in [4.78, 5) is 0. The van der Waals surface area contributed by atoms with E-state index >= 15 is 0 Å². The van der Waals surface area contributed by atoms with Crippen LogP contribution in [0.1, 0.15) is 0 Å². The SMILES string of the molecule is NC(O[P+](=O)OC(N)S(=O)(=O)O)S(=O)(=O)O. The molecule has 0 aromatic rings. The van der Waals surface area contributed by atoms with Crippen molar-refractivity contribution in [2.24, 2.45) is 11.5 Å². The van der Waals surface area contributed by atoms with Gasteiger partial charge in [-0.15, -0.1) is 0 Å². The Bertz CT molecular complexity index is 412. The van der Waals surface area contributed by atoms with Crippen LogP contribution in [0.25, 0.3) is 0 Å². The minimum Gasteiger partial charge on any atom is -0.287 e. The minimum absolute atomic E-state index is 2.40. The van der Waals surface area contributed by atoms with E-state index in [2.05, 4.69) is 20.5 Å². The third-order valence-electron chi connectivity index (χ3n) is 0.967. The van der Waals surface area contributed by atoms with E-state index in [1.54, 1.807) is 0 Å². The first-order valence-corrected chi connectivity index (χ1v) is 7.29. The molecule has 0 aliphatic heterocycles. The van der Waals surface area contributed by atoms with Crippen molar-refractivity contribution < 1.29 is 39.6 Å². The van der Waals surface area contributed by atoms with Gasteiger partial charge in [-0.05, 0) is 0 Å². The van der Waals surface area contributed by atoms with Gasteiger partial charge in [-0.25, -0.2) is 0 Å². The Morgan fingerprint density at radius 2 is 1.19 bits per heavy atom. The van der Waals surface area contributed by atoms with Crippen LogP contribution in [0.5, 0.6) is 0 Å². The lowest BCUT2D eigenvalue weighted by Gasteiger charge is -2.01. The minimum atomic E-state index is -4.83. The van der Waals surface area contributed by atoms with Gasteiger partial charge in [0.25, 0.3) is 11.1 Å². The maximum Gasteiger partial charge on any atom is 0.703 e. The Morgan fingerprint density at radius 3 is 1.38 bits per heavy atom. The second kappa shape index (κ2) is 5.39. The molecule has 2 unspecified atom stereocenters. The molecule has 16 heavy (non-hydrogen) atoms. The molecule has 6 N–H and O–H groups in total. The lowest BCUT2D eigenvalue weighted by molar-refractivity contribution is 0.185. The third kappa shape index (κ3) is 5.74. The van der Waals surface area contributed by atoms with Crippen LogP contribution >= 0.6 is 8.25 Å². The van der Waals surface area contributed by atoms with Crippen LogP contribution in [0.2, 0.25) is 0 Å². The number of nitrogens with two attached hydrogens (primary N) is 2. The average Bonchev–Trinajstić information content (AvgIpc) is 1.99. The standard InChI is InChI=1S/C2H7N2O9PS2/c3-1(15(6,7)8)12-14(5)13-2(4)16(9,10)11/h1-2H,3-4H2,(H-,6,7,8,9,10,11)/p+1. The van der Waals surface area contributed by atoms with Crippen molar-refractivity contribution >= 4 is 28.5 Å². The van der Waals surface area contributed by atoms with E-state index in [1.165, 1.54) is 0 Å². The molecular weight excluding hydrogens is 291 g/mol. The molecule has 0 heterocycles. The molecule has 2 atom stereocenters. The predicted octanol–water partition coefficient (Wildman–Crippen LogP) is -2.06. The van der Waals surface area contributed by atoms with E-state index in [9.17, 15) is 21.4 Å². The Morgan fingerprint density at radius 1 is 0.938 bits per heavy atom. The first-order valence-electron chi connectivity index (χ1n) is 3.19. The van der Waals surface area contributed by atoms with Gasteiger partial charge < -0.3 is 0 Å². The lowest BCUT2D eigenvalue weighted by atomic mass is 11.4. The van der Waals surface area contributed by atoms with Crippen molar-refractivity contribution in [1.29, 1.82) is 0 Å². The highest BCUT2D eigenvalue weighted by Gasteiger charge is 2.38. The maximum absolute atomic E-state index is 10.7. The van der Waals surface area contributed by atoms with Gasteiger partial charge in [0.2, 0.25) is 0 Å². The van der Waals surface area contributed by atoms with E-state index in [0.717, 1.165) is 0 Å². The van der Waals surface area contributed by atoms with Gasteiger partial charge in [0.15, 0.2) is 0 Å². The van der Waals surface area contributed by atoms with Crippen LogP contribution in [0, 0.1) is 0 Å². The lowest BCUT2D eigenvalue weighted by Crippen LogP contribution is -2.33. The number of hydrogen-bond donors (Lipinski definition) is 4. The van der Waals surface area contributed by atoms with Crippen LogP contribution in [0.3, 0.4) is 0 Å². The van der Waals surface area contributed by atoms with Gasteiger partial charge in [-0.2, -0.15) is 16.8 Å². The van der Waals surface area contributed by atoms with E-state index in [0.29, 0.717) is 0 Å². The van der Waals surface area contributed by atoms with Gasteiger partial charge >= 0.3 is 28.5 Å². The Labute approximate surface area is 91.1 Å². The zero-order chi connectivity index (χ0) is 13.1. The summed E-state index contributed by atoms with van der Waals surface area (Å²) in [6, 6.07) is 0. The normalized spacial score (nSPS) is 17.9. The van der Waals surface area contributed by atoms with E-state index in [-0.39, 0.29) is 0 Å². The average molecular weight is 299 g/mol. The number of rotatable bonds is 6. The monoisotopic (exact) mass is 299 g/mol. The largest absolute Gasteiger partial charge is 0.703 e. The molecule has 96 valence electrons. The molecular formula is C2H8N2O9PS2+. The quantitative estimate of drug-likeness (QED) is 0.239. The van der Waals surface area contributed by atoms with Crippen LogP contribution in [0.4, 0.5) is 0 Å². The fourth-order valence-corrected chi connectivity index (χ4v) is 1.98. The van der Waals surface area contributed by atoms with E-state index < -0.39 is 39.6 Å². The van der Waals surface area contributed by atoms with Gasteiger partial charge in [0.05, 0.1) is 0 Å². The van der Waals surface area contributed by atoms with Crippen LogP contribution in [0.15, 0.2) is 0 Å². The topological polar surface area (TPSA) is 196 Å². The molecule has 0 aromatic carbocycles. The summed E-state index contributed by atoms with van der Waals surface area (Å²) in [5, 5.41) is 0. The Balaban J connectivity index is 4.43. The molecule has 0 amide bonds. The molecule has 0 aromatic heterocycles. The fraction of sp³-hybridized carbons (Fsp3) is 1.00. The molecule has 0 bridgehead atoms. The molecule has 0 aliphatic rings. The van der Waals surface area contributed by atoms with Gasteiger partial charge in [-0.1, -0.05) is 9.05 Å². The zero-order valence-corrected chi connectivity index (χ0v) is 9.85. The highest BCUT2D eigenvalue weighted by atomic mass is 32.2. The third-order valence-corrected chi connectivity index (χ3v) is 3.42. The maximum atomic E-state index is 10.7. The summed E-state index contributed by atoms with van der Waals surface area (Å²) >= 11 is 0. The molecule has 0 aliphatic carbocycles. The van der Waals surface area contributed by atoms with Crippen molar-refractivity contribution in [3.05, 3.63) is 0 Å². The first-order chi connectivity index (χ1) is 6.94. The molecule has 11 nitrogen and oxygen atoms in total. The fourth-order valence-electron chi connectivity index (χ4n) is 0.303. The highest BCUT2D eigenvalue weighted by Crippen LogP contribution is 2.27. The van der Waals surface area contributed by atoms with Crippen molar-refractivity contribution in [1.82, 2.24) is 0 Å². The molecule has 0 saturated heterocycles. The van der Waals surface area contributed by atoms with Crippen LogP contribution in [-0.4, -0.2) is 37.1 Å². The summed E-state index contributed by atoms with van der Waals surface area (Å²) in [7, 11) is -13.0. The van der Waals surface area contributed by atoms with Crippen molar-refractivity contribution in [2.75, 3.05) is 0 Å². The van der Waals surface area contributed by atoms with E-state index in [4.69, 9.17) is 9.11 Å². The molecule has 0 saturated carbocycles. The molecule has 14 heteroatoms. The van der Waals surface area contributed by atoms with Crippen molar-refractivity contribution in [3.8, 4) is 0 Å². The van der Waals surface area contributed by atoms with Gasteiger partial charge in [0, 0.05) is 4.57 Å².